The van der Waals surface area contributed by atoms with E-state index >= 15 is 0 Å². The Balaban J connectivity index is 1.62. The molecule has 1 aromatic heterocycles. The third-order valence-corrected chi connectivity index (χ3v) is 4.76. The molecular formula is C15H20N4O. The van der Waals surface area contributed by atoms with E-state index in [-0.39, 0.29) is 0 Å². The number of aromatic nitrogens is 2. The fourth-order valence-electron chi connectivity index (χ4n) is 3.63. The molecular weight excluding hydrogens is 252 g/mol. The Labute approximate surface area is 118 Å². The van der Waals surface area contributed by atoms with Crippen molar-refractivity contribution in [3.63, 3.8) is 0 Å². The second-order valence-corrected chi connectivity index (χ2v) is 5.83. The second-order valence-electron chi connectivity index (χ2n) is 5.83. The molecule has 5 nitrogen and oxygen atoms in total. The molecule has 0 radical (unpaired) electrons. The molecule has 4 rings (SSSR count). The quantitative estimate of drug-likeness (QED) is 0.886. The molecule has 20 heavy (non-hydrogen) atoms. The zero-order valence-corrected chi connectivity index (χ0v) is 11.7. The maximum absolute atomic E-state index is 5.32. The number of methoxy groups -OCH3 is 1. The molecule has 5 heteroatoms. The van der Waals surface area contributed by atoms with Crippen molar-refractivity contribution in [1.82, 2.24) is 20.4 Å². The highest BCUT2D eigenvalue weighted by atomic mass is 16.5. The van der Waals surface area contributed by atoms with Crippen molar-refractivity contribution in [2.24, 2.45) is 5.92 Å². The lowest BCUT2D eigenvalue weighted by Crippen LogP contribution is -2.33. The zero-order valence-electron chi connectivity index (χ0n) is 11.7. The molecule has 2 N–H and O–H groups in total. The van der Waals surface area contributed by atoms with E-state index in [1.807, 2.05) is 12.1 Å². The minimum atomic E-state index is 0.693. The lowest BCUT2D eigenvalue weighted by Gasteiger charge is -2.22. The van der Waals surface area contributed by atoms with Gasteiger partial charge < -0.3 is 10.1 Å². The van der Waals surface area contributed by atoms with Gasteiger partial charge in [0.2, 0.25) is 0 Å². The summed E-state index contributed by atoms with van der Waals surface area (Å²) in [5.41, 5.74) is 2.22. The Morgan fingerprint density at radius 2 is 2.35 bits per heavy atom. The number of likely N-dealkylation sites (tertiary alicyclic amines) is 1. The molecule has 0 bridgehead atoms. The van der Waals surface area contributed by atoms with Crippen molar-refractivity contribution in [1.29, 1.82) is 0 Å². The first-order chi connectivity index (χ1) is 9.85. The monoisotopic (exact) mass is 272 g/mol. The number of H-pyrrole nitrogens is 1. The van der Waals surface area contributed by atoms with Crippen LogP contribution in [0.2, 0.25) is 0 Å². The summed E-state index contributed by atoms with van der Waals surface area (Å²) in [5, 5.41) is 12.3. The molecule has 2 fully saturated rings. The molecule has 0 spiro atoms. The fourth-order valence-corrected chi connectivity index (χ4v) is 3.63. The normalized spacial score (nSPS) is 26.2. The maximum atomic E-state index is 5.32. The largest absolute Gasteiger partial charge is 0.497 e. The van der Waals surface area contributed by atoms with Crippen LogP contribution in [0.1, 0.15) is 12.1 Å². The average molecular weight is 272 g/mol. The fraction of sp³-hybridized carbons (Fsp3) is 0.533. The predicted molar refractivity (Wildman–Crippen MR) is 77.8 cm³/mol. The van der Waals surface area contributed by atoms with Crippen LogP contribution in [0.3, 0.4) is 0 Å². The maximum Gasteiger partial charge on any atom is 0.119 e. The molecule has 106 valence electrons. The Morgan fingerprint density at radius 3 is 3.25 bits per heavy atom. The van der Waals surface area contributed by atoms with Crippen molar-refractivity contribution in [2.45, 2.75) is 19.0 Å². The molecule has 0 aliphatic carbocycles. The number of benzene rings is 1. The first kappa shape index (κ1) is 12.2. The molecule has 2 aliphatic rings. The Hall–Kier alpha value is -1.59. The van der Waals surface area contributed by atoms with Gasteiger partial charge in [-0.25, -0.2) is 0 Å². The first-order valence-corrected chi connectivity index (χ1v) is 7.31. The van der Waals surface area contributed by atoms with Crippen LogP contribution in [-0.2, 0) is 6.54 Å². The third kappa shape index (κ3) is 1.89. The summed E-state index contributed by atoms with van der Waals surface area (Å²) in [6, 6.07) is 6.74. The summed E-state index contributed by atoms with van der Waals surface area (Å²) >= 11 is 0. The van der Waals surface area contributed by atoms with Gasteiger partial charge in [0.25, 0.3) is 0 Å². The number of ether oxygens (including phenoxy) is 1. The molecule has 2 aromatic rings. The van der Waals surface area contributed by atoms with Crippen LogP contribution in [0.25, 0.3) is 10.9 Å². The van der Waals surface area contributed by atoms with E-state index in [4.69, 9.17) is 4.74 Å². The van der Waals surface area contributed by atoms with E-state index in [9.17, 15) is 0 Å². The van der Waals surface area contributed by atoms with Crippen LogP contribution in [-0.4, -0.2) is 47.9 Å². The summed E-state index contributed by atoms with van der Waals surface area (Å²) in [6.45, 7) is 4.45. The van der Waals surface area contributed by atoms with E-state index in [0.29, 0.717) is 6.04 Å². The van der Waals surface area contributed by atoms with Gasteiger partial charge in [-0.3, -0.25) is 10.00 Å². The predicted octanol–water partition coefficient (Wildman–Crippen LogP) is 1.37. The highest BCUT2D eigenvalue weighted by molar-refractivity contribution is 5.82. The number of nitrogens with one attached hydrogen (secondary N) is 2. The van der Waals surface area contributed by atoms with Crippen molar-refractivity contribution in [3.05, 3.63) is 23.9 Å². The second kappa shape index (κ2) is 4.75. The van der Waals surface area contributed by atoms with Crippen LogP contribution < -0.4 is 10.1 Å². The molecule has 2 saturated heterocycles. The van der Waals surface area contributed by atoms with Gasteiger partial charge in [-0.1, -0.05) is 0 Å². The van der Waals surface area contributed by atoms with Gasteiger partial charge in [0.05, 0.1) is 18.3 Å². The highest BCUT2D eigenvalue weighted by Gasteiger charge is 2.37. The molecule has 2 atom stereocenters. The van der Waals surface area contributed by atoms with E-state index in [1.165, 1.54) is 30.6 Å². The molecule has 2 aliphatic heterocycles. The summed E-state index contributed by atoms with van der Waals surface area (Å²) in [6.07, 6.45) is 1.31. The standard InChI is InChI=1S/C15H20N4O/c1-20-11-2-3-13-12(6-11)14(18-17-13)9-19-5-4-10-7-16-8-15(10)19/h2-3,6,10,15-16H,4-5,7-9H2,1H3,(H,17,18)/t10-,15+/m0/s1. The van der Waals surface area contributed by atoms with Gasteiger partial charge in [-0.15, -0.1) is 0 Å². The summed E-state index contributed by atoms with van der Waals surface area (Å²) < 4.78 is 5.32. The minimum Gasteiger partial charge on any atom is -0.497 e. The van der Waals surface area contributed by atoms with Crippen LogP contribution >= 0.6 is 0 Å². The molecule has 0 saturated carbocycles. The minimum absolute atomic E-state index is 0.693. The molecule has 0 unspecified atom stereocenters. The van der Waals surface area contributed by atoms with E-state index < -0.39 is 0 Å². The SMILES string of the molecule is COc1ccc2n[nH]c(CN3CC[C@H]4CNC[C@H]43)c2c1. The van der Waals surface area contributed by atoms with Gasteiger partial charge in [0.1, 0.15) is 5.75 Å². The Bertz CT molecular complexity index is 623. The molecule has 1 aromatic carbocycles. The first-order valence-electron chi connectivity index (χ1n) is 7.31. The zero-order chi connectivity index (χ0) is 13.5. The van der Waals surface area contributed by atoms with Gasteiger partial charge in [0, 0.05) is 24.5 Å². The molecule has 3 heterocycles. The van der Waals surface area contributed by atoms with Crippen LogP contribution in [0.5, 0.6) is 5.75 Å². The van der Waals surface area contributed by atoms with E-state index in [0.717, 1.165) is 30.3 Å². The lowest BCUT2D eigenvalue weighted by molar-refractivity contribution is 0.242. The number of hydrogen-bond acceptors (Lipinski definition) is 4. The van der Waals surface area contributed by atoms with Crippen molar-refractivity contribution >= 4 is 10.9 Å². The van der Waals surface area contributed by atoms with Crippen LogP contribution in [0.4, 0.5) is 0 Å². The summed E-state index contributed by atoms with van der Waals surface area (Å²) in [5.74, 6) is 1.72. The van der Waals surface area contributed by atoms with Crippen molar-refractivity contribution in [3.8, 4) is 5.75 Å². The topological polar surface area (TPSA) is 53.2 Å². The summed E-state index contributed by atoms with van der Waals surface area (Å²) in [4.78, 5) is 2.58. The Kier molecular flexibility index (Phi) is 2.89. The summed E-state index contributed by atoms with van der Waals surface area (Å²) in [7, 11) is 1.70. The van der Waals surface area contributed by atoms with Gasteiger partial charge in [-0.2, -0.15) is 5.10 Å². The number of aromatic amines is 1. The van der Waals surface area contributed by atoms with E-state index in [2.05, 4.69) is 26.5 Å². The lowest BCUT2D eigenvalue weighted by atomic mass is 10.1. The van der Waals surface area contributed by atoms with Crippen LogP contribution in [0, 0.1) is 5.92 Å². The highest BCUT2D eigenvalue weighted by Crippen LogP contribution is 2.30. The van der Waals surface area contributed by atoms with Gasteiger partial charge in [0.15, 0.2) is 0 Å². The van der Waals surface area contributed by atoms with Crippen LogP contribution in [0.15, 0.2) is 18.2 Å². The molecule has 0 amide bonds. The average Bonchev–Trinajstić information content (AvgIpc) is 3.16. The number of hydrogen-bond donors (Lipinski definition) is 2. The van der Waals surface area contributed by atoms with Gasteiger partial charge in [-0.05, 0) is 43.6 Å². The third-order valence-electron chi connectivity index (χ3n) is 4.76. The van der Waals surface area contributed by atoms with Gasteiger partial charge >= 0.3 is 0 Å². The van der Waals surface area contributed by atoms with Crippen molar-refractivity contribution in [2.75, 3.05) is 26.7 Å². The number of rotatable bonds is 3. The Morgan fingerprint density at radius 1 is 1.40 bits per heavy atom. The van der Waals surface area contributed by atoms with Crippen molar-refractivity contribution < 1.29 is 4.74 Å². The smallest absolute Gasteiger partial charge is 0.119 e. The number of fused-ring (bicyclic) bond motifs is 2. The number of nitrogens with zero attached hydrogens (tertiary/aromatic N) is 2. The van der Waals surface area contributed by atoms with E-state index in [1.54, 1.807) is 7.11 Å².